The molecule has 8 heteroatoms. The number of hydrogen-bond donors (Lipinski definition) is 4. The lowest BCUT2D eigenvalue weighted by atomic mass is 10.1. The Kier molecular flexibility index (Phi) is 5.28. The molecule has 1 rings (SSSR count). The molecule has 19 heavy (non-hydrogen) atoms. The first-order valence-electron chi connectivity index (χ1n) is 5.69. The van der Waals surface area contributed by atoms with E-state index in [1.54, 1.807) is 18.2 Å². The van der Waals surface area contributed by atoms with Gasteiger partial charge in [-0.1, -0.05) is 0 Å². The minimum absolute atomic E-state index is 0.150. The highest BCUT2D eigenvalue weighted by atomic mass is 32.2. The quantitative estimate of drug-likeness (QED) is 0.324. The van der Waals surface area contributed by atoms with E-state index in [1.165, 1.54) is 0 Å². The molecule has 0 fully saturated rings. The highest BCUT2D eigenvalue weighted by Gasteiger charge is 2.08. The largest absolute Gasteiger partial charge is 0.352 e. The maximum atomic E-state index is 11.8. The van der Waals surface area contributed by atoms with Crippen molar-refractivity contribution in [3.8, 4) is 0 Å². The van der Waals surface area contributed by atoms with Crippen LogP contribution in [0.4, 0.5) is 5.69 Å². The van der Waals surface area contributed by atoms with Gasteiger partial charge in [0, 0.05) is 12.1 Å². The maximum Gasteiger partial charge on any atom is 0.251 e. The Hall–Kier alpha value is -1.64. The molecule has 1 aromatic carbocycles. The zero-order valence-corrected chi connectivity index (χ0v) is 11.5. The summed E-state index contributed by atoms with van der Waals surface area (Å²) in [6.45, 7) is 2.08. The Morgan fingerprint density at radius 2 is 2.05 bits per heavy atom. The molecule has 0 spiro atoms. The van der Waals surface area contributed by atoms with Gasteiger partial charge in [0.2, 0.25) is 10.0 Å². The number of primary sulfonamides is 1. The number of benzene rings is 1. The summed E-state index contributed by atoms with van der Waals surface area (Å²) in [5.74, 6) is 4.88. The number of nitrogens with one attached hydrogen (secondary N) is 2. The summed E-state index contributed by atoms with van der Waals surface area (Å²) < 4.78 is 21.4. The van der Waals surface area contributed by atoms with Crippen LogP contribution in [0.3, 0.4) is 0 Å². The molecule has 1 aromatic rings. The molecule has 0 aliphatic rings. The van der Waals surface area contributed by atoms with Crippen LogP contribution >= 0.6 is 0 Å². The van der Waals surface area contributed by atoms with Crippen molar-refractivity contribution in [1.29, 1.82) is 0 Å². The molecular weight excluding hydrogens is 268 g/mol. The molecule has 1 amide bonds. The van der Waals surface area contributed by atoms with Gasteiger partial charge in [-0.2, -0.15) is 0 Å². The lowest BCUT2D eigenvalue weighted by Gasteiger charge is -2.08. The summed E-state index contributed by atoms with van der Waals surface area (Å²) in [4.78, 5) is 11.8. The third kappa shape index (κ3) is 5.25. The predicted octanol–water partition coefficient (Wildman–Crippen LogP) is -0.311. The van der Waals surface area contributed by atoms with Crippen LogP contribution in [-0.4, -0.2) is 26.6 Å². The Morgan fingerprint density at radius 3 is 2.58 bits per heavy atom. The van der Waals surface area contributed by atoms with Crippen molar-refractivity contribution < 1.29 is 13.2 Å². The van der Waals surface area contributed by atoms with Crippen molar-refractivity contribution >= 4 is 21.6 Å². The van der Waals surface area contributed by atoms with Gasteiger partial charge in [0.1, 0.15) is 0 Å². The summed E-state index contributed by atoms with van der Waals surface area (Å²) >= 11 is 0. The molecule has 0 aliphatic carbocycles. The van der Waals surface area contributed by atoms with E-state index in [0.717, 1.165) is 11.3 Å². The summed E-state index contributed by atoms with van der Waals surface area (Å²) in [5.41, 5.74) is 4.60. The Bertz CT molecular complexity index is 557. The van der Waals surface area contributed by atoms with Crippen LogP contribution in [0.1, 0.15) is 22.3 Å². The first kappa shape index (κ1) is 15.4. The molecule has 0 saturated heterocycles. The summed E-state index contributed by atoms with van der Waals surface area (Å²) in [7, 11) is -3.48. The van der Waals surface area contributed by atoms with Crippen molar-refractivity contribution in [3.63, 3.8) is 0 Å². The number of carbonyl (C=O) groups is 1. The standard InChI is InChI=1S/C11H18N4O3S/c1-8-7-9(3-4-10(8)15-12)11(16)14-5-2-6-19(13,17)18/h3-4,7,15H,2,5-6,12H2,1H3,(H,14,16)(H2,13,17,18). The van der Waals surface area contributed by atoms with Crippen LogP contribution in [-0.2, 0) is 10.0 Å². The van der Waals surface area contributed by atoms with Gasteiger partial charge in [-0.25, -0.2) is 13.6 Å². The van der Waals surface area contributed by atoms with Crippen molar-refractivity contribution in [2.45, 2.75) is 13.3 Å². The van der Waals surface area contributed by atoms with Crippen LogP contribution in [0.15, 0.2) is 18.2 Å². The molecule has 0 heterocycles. The molecule has 7 nitrogen and oxygen atoms in total. The minimum atomic E-state index is -3.48. The van der Waals surface area contributed by atoms with Gasteiger partial charge in [0.25, 0.3) is 5.91 Å². The van der Waals surface area contributed by atoms with Crippen LogP contribution in [0.2, 0.25) is 0 Å². The third-order valence-electron chi connectivity index (χ3n) is 2.54. The number of nitrogens with two attached hydrogens (primary N) is 2. The fourth-order valence-electron chi connectivity index (χ4n) is 1.54. The number of rotatable bonds is 6. The van der Waals surface area contributed by atoms with Gasteiger partial charge in [0.05, 0.1) is 11.4 Å². The second-order valence-electron chi connectivity index (χ2n) is 4.15. The van der Waals surface area contributed by atoms with Crippen LogP contribution in [0, 0.1) is 6.92 Å². The fraction of sp³-hybridized carbons (Fsp3) is 0.364. The zero-order valence-electron chi connectivity index (χ0n) is 10.6. The number of sulfonamides is 1. The zero-order chi connectivity index (χ0) is 14.5. The van der Waals surface area contributed by atoms with Gasteiger partial charge in [-0.15, -0.1) is 0 Å². The van der Waals surface area contributed by atoms with Crippen molar-refractivity contribution in [1.82, 2.24) is 5.32 Å². The Labute approximate surface area is 112 Å². The van der Waals surface area contributed by atoms with Gasteiger partial charge < -0.3 is 10.7 Å². The van der Waals surface area contributed by atoms with E-state index in [2.05, 4.69) is 10.7 Å². The number of carbonyl (C=O) groups excluding carboxylic acids is 1. The number of hydrogen-bond acceptors (Lipinski definition) is 5. The third-order valence-corrected chi connectivity index (χ3v) is 3.39. The SMILES string of the molecule is Cc1cc(C(=O)NCCCS(N)(=O)=O)ccc1NN. The average molecular weight is 286 g/mol. The molecular formula is C11H18N4O3S. The van der Waals surface area contributed by atoms with Gasteiger partial charge in [-0.05, 0) is 37.1 Å². The van der Waals surface area contributed by atoms with E-state index in [1.807, 2.05) is 6.92 Å². The predicted molar refractivity (Wildman–Crippen MR) is 73.9 cm³/mol. The topological polar surface area (TPSA) is 127 Å². The van der Waals surface area contributed by atoms with E-state index >= 15 is 0 Å². The molecule has 0 aliphatic heterocycles. The van der Waals surface area contributed by atoms with Gasteiger partial charge in [-0.3, -0.25) is 10.6 Å². The van der Waals surface area contributed by atoms with Gasteiger partial charge >= 0.3 is 0 Å². The van der Waals surface area contributed by atoms with E-state index in [0.29, 0.717) is 5.56 Å². The lowest BCUT2D eigenvalue weighted by Crippen LogP contribution is -2.27. The molecule has 0 atom stereocenters. The summed E-state index contributed by atoms with van der Waals surface area (Å²) in [6, 6.07) is 5.04. The van der Waals surface area contributed by atoms with Crippen LogP contribution < -0.4 is 21.7 Å². The highest BCUT2D eigenvalue weighted by Crippen LogP contribution is 2.14. The monoisotopic (exact) mass is 286 g/mol. The molecule has 0 bridgehead atoms. The second-order valence-corrected chi connectivity index (χ2v) is 5.88. The smallest absolute Gasteiger partial charge is 0.251 e. The van der Waals surface area contributed by atoms with Crippen molar-refractivity contribution in [3.05, 3.63) is 29.3 Å². The maximum absolute atomic E-state index is 11.8. The lowest BCUT2D eigenvalue weighted by molar-refractivity contribution is 0.0953. The molecule has 0 aromatic heterocycles. The number of aryl methyl sites for hydroxylation is 1. The van der Waals surface area contributed by atoms with Crippen molar-refractivity contribution in [2.24, 2.45) is 11.0 Å². The number of nitrogen functional groups attached to an aromatic ring is 1. The fourth-order valence-corrected chi connectivity index (χ4v) is 2.09. The normalized spacial score (nSPS) is 11.1. The molecule has 0 unspecified atom stereocenters. The second kappa shape index (κ2) is 6.50. The molecule has 6 N–H and O–H groups in total. The summed E-state index contributed by atoms with van der Waals surface area (Å²) in [5, 5.41) is 7.48. The molecule has 0 saturated carbocycles. The van der Waals surface area contributed by atoms with Crippen LogP contribution in [0.25, 0.3) is 0 Å². The van der Waals surface area contributed by atoms with E-state index in [-0.39, 0.29) is 24.6 Å². The number of hydrazine groups is 1. The minimum Gasteiger partial charge on any atom is -0.352 e. The first-order chi connectivity index (χ1) is 8.83. The number of anilines is 1. The van der Waals surface area contributed by atoms with E-state index in [9.17, 15) is 13.2 Å². The summed E-state index contributed by atoms with van der Waals surface area (Å²) in [6.07, 6.45) is 0.284. The average Bonchev–Trinajstić information content (AvgIpc) is 2.33. The Balaban J connectivity index is 2.52. The van der Waals surface area contributed by atoms with Crippen LogP contribution in [0.5, 0.6) is 0 Å². The molecule has 0 radical (unpaired) electrons. The molecule has 106 valence electrons. The number of amides is 1. The van der Waals surface area contributed by atoms with E-state index in [4.69, 9.17) is 11.0 Å². The highest BCUT2D eigenvalue weighted by molar-refractivity contribution is 7.89. The van der Waals surface area contributed by atoms with E-state index < -0.39 is 10.0 Å². The Morgan fingerprint density at radius 1 is 1.37 bits per heavy atom. The first-order valence-corrected chi connectivity index (χ1v) is 7.41. The van der Waals surface area contributed by atoms with Crippen molar-refractivity contribution in [2.75, 3.05) is 17.7 Å². The van der Waals surface area contributed by atoms with Gasteiger partial charge in [0.15, 0.2) is 0 Å².